The van der Waals surface area contributed by atoms with Crippen LogP contribution >= 0.6 is 0 Å². The lowest BCUT2D eigenvalue weighted by atomic mass is 10.2. The lowest BCUT2D eigenvalue weighted by Crippen LogP contribution is -2.18. The maximum atomic E-state index is 5.33. The predicted octanol–water partition coefficient (Wildman–Crippen LogP) is 1.61. The number of rotatable bonds is 4. The second kappa shape index (κ2) is 4.67. The minimum atomic E-state index is 0.589. The summed E-state index contributed by atoms with van der Waals surface area (Å²) in [6.45, 7) is 7.01. The first-order chi connectivity index (χ1) is 8.06. The molecular weight excluding hydrogens is 220 g/mol. The molecule has 2 aromatic rings. The van der Waals surface area contributed by atoms with Gasteiger partial charge in [0.15, 0.2) is 0 Å². The molecule has 0 fully saturated rings. The quantitative estimate of drug-likeness (QED) is 0.803. The van der Waals surface area contributed by atoms with Crippen LogP contribution in [0.4, 0.5) is 0 Å². The molecule has 0 unspecified atom stereocenters. The Balaban J connectivity index is 2.00. The van der Waals surface area contributed by atoms with E-state index in [-0.39, 0.29) is 0 Å². The van der Waals surface area contributed by atoms with Crippen molar-refractivity contribution in [1.82, 2.24) is 20.3 Å². The maximum Gasteiger partial charge on any atom is 0.230 e. The van der Waals surface area contributed by atoms with Crippen molar-refractivity contribution >= 4 is 0 Å². The zero-order valence-electron chi connectivity index (χ0n) is 10.5. The van der Waals surface area contributed by atoms with Gasteiger partial charge in [-0.25, -0.2) is 0 Å². The van der Waals surface area contributed by atoms with Gasteiger partial charge in [0, 0.05) is 19.0 Å². The van der Waals surface area contributed by atoms with Crippen molar-refractivity contribution in [2.45, 2.75) is 33.9 Å². The van der Waals surface area contributed by atoms with Gasteiger partial charge in [-0.2, -0.15) is 0 Å². The molecule has 2 heterocycles. The molecule has 0 atom stereocenters. The van der Waals surface area contributed by atoms with Crippen LogP contribution in [0.1, 0.15) is 28.8 Å². The van der Waals surface area contributed by atoms with Crippen LogP contribution in [-0.4, -0.2) is 27.3 Å². The van der Waals surface area contributed by atoms with Gasteiger partial charge in [0.25, 0.3) is 0 Å². The molecule has 0 aliphatic carbocycles. The zero-order valence-corrected chi connectivity index (χ0v) is 10.5. The molecule has 0 radical (unpaired) electrons. The molecule has 92 valence electrons. The van der Waals surface area contributed by atoms with Crippen molar-refractivity contribution in [2.24, 2.45) is 0 Å². The Morgan fingerprint density at radius 3 is 2.41 bits per heavy atom. The molecular formula is C11H16N4O2. The van der Waals surface area contributed by atoms with Crippen molar-refractivity contribution < 1.29 is 8.94 Å². The molecule has 2 aromatic heterocycles. The molecule has 0 aliphatic rings. The molecule has 0 N–H and O–H groups in total. The van der Waals surface area contributed by atoms with Crippen molar-refractivity contribution in [2.75, 3.05) is 7.05 Å². The van der Waals surface area contributed by atoms with Crippen LogP contribution in [0.15, 0.2) is 8.94 Å². The summed E-state index contributed by atoms with van der Waals surface area (Å²) in [5, 5.41) is 11.7. The van der Waals surface area contributed by atoms with Crippen molar-refractivity contribution in [3.8, 4) is 0 Å². The Bertz CT molecular complexity index is 484. The molecule has 0 amide bonds. The summed E-state index contributed by atoms with van der Waals surface area (Å²) in [7, 11) is 1.99. The molecule has 0 aliphatic heterocycles. The largest absolute Gasteiger partial charge is 0.424 e. The van der Waals surface area contributed by atoms with Crippen LogP contribution in [-0.2, 0) is 13.1 Å². The molecule has 0 bridgehead atoms. The number of aryl methyl sites for hydroxylation is 3. The fourth-order valence-electron chi connectivity index (χ4n) is 1.69. The van der Waals surface area contributed by atoms with Gasteiger partial charge in [-0.1, -0.05) is 5.16 Å². The summed E-state index contributed by atoms with van der Waals surface area (Å²) >= 11 is 0. The third-order valence-electron chi connectivity index (χ3n) is 2.58. The Labute approximate surface area is 99.6 Å². The number of hydrogen-bond acceptors (Lipinski definition) is 6. The zero-order chi connectivity index (χ0) is 12.4. The predicted molar refractivity (Wildman–Crippen MR) is 60.2 cm³/mol. The molecule has 0 saturated carbocycles. The van der Waals surface area contributed by atoms with Crippen LogP contribution < -0.4 is 0 Å². The number of nitrogens with zero attached hydrogens (tertiary/aromatic N) is 4. The van der Waals surface area contributed by atoms with E-state index in [1.54, 1.807) is 6.92 Å². The van der Waals surface area contributed by atoms with Gasteiger partial charge in [-0.15, -0.1) is 10.2 Å². The van der Waals surface area contributed by atoms with E-state index >= 15 is 0 Å². The monoisotopic (exact) mass is 236 g/mol. The average Bonchev–Trinajstić information content (AvgIpc) is 2.79. The molecule has 0 aromatic carbocycles. The molecule has 0 saturated heterocycles. The topological polar surface area (TPSA) is 68.2 Å². The summed E-state index contributed by atoms with van der Waals surface area (Å²) < 4.78 is 10.5. The minimum absolute atomic E-state index is 0.589. The van der Waals surface area contributed by atoms with Gasteiger partial charge in [0.2, 0.25) is 11.8 Å². The van der Waals surface area contributed by atoms with Gasteiger partial charge in [-0.05, 0) is 20.9 Å². The Morgan fingerprint density at radius 2 is 1.88 bits per heavy atom. The lowest BCUT2D eigenvalue weighted by molar-refractivity contribution is 0.276. The first-order valence-corrected chi connectivity index (χ1v) is 5.45. The van der Waals surface area contributed by atoms with Gasteiger partial charge < -0.3 is 8.94 Å². The number of hydrogen-bond donors (Lipinski definition) is 0. The fraction of sp³-hybridized carbons (Fsp3) is 0.545. The van der Waals surface area contributed by atoms with E-state index in [9.17, 15) is 0 Å². The van der Waals surface area contributed by atoms with Crippen molar-refractivity contribution in [3.05, 3.63) is 28.8 Å². The summed E-state index contributed by atoms with van der Waals surface area (Å²) in [4.78, 5) is 2.08. The van der Waals surface area contributed by atoms with Gasteiger partial charge in [0.05, 0.1) is 12.2 Å². The second-order valence-corrected chi connectivity index (χ2v) is 4.19. The van der Waals surface area contributed by atoms with Gasteiger partial charge >= 0.3 is 0 Å². The third kappa shape index (κ3) is 2.71. The van der Waals surface area contributed by atoms with E-state index in [4.69, 9.17) is 8.94 Å². The van der Waals surface area contributed by atoms with E-state index < -0.39 is 0 Å². The van der Waals surface area contributed by atoms with Crippen molar-refractivity contribution in [3.63, 3.8) is 0 Å². The highest BCUT2D eigenvalue weighted by Crippen LogP contribution is 2.15. The molecule has 2 rings (SSSR count). The van der Waals surface area contributed by atoms with Crippen molar-refractivity contribution in [1.29, 1.82) is 0 Å². The molecule has 6 heteroatoms. The van der Waals surface area contributed by atoms with Crippen LogP contribution in [0.5, 0.6) is 0 Å². The maximum absolute atomic E-state index is 5.33. The van der Waals surface area contributed by atoms with Crippen LogP contribution in [0.25, 0.3) is 0 Å². The Hall–Kier alpha value is -1.69. The van der Waals surface area contributed by atoms with Gasteiger partial charge in [0.1, 0.15) is 5.76 Å². The highest BCUT2D eigenvalue weighted by Gasteiger charge is 2.13. The van der Waals surface area contributed by atoms with Crippen LogP contribution in [0.3, 0.4) is 0 Å². The SMILES string of the molecule is Cc1nnc(CN(C)Cc2c(C)noc2C)o1. The molecule has 17 heavy (non-hydrogen) atoms. The summed E-state index contributed by atoms with van der Waals surface area (Å²) in [5.41, 5.74) is 2.04. The summed E-state index contributed by atoms with van der Waals surface area (Å²) in [5.74, 6) is 2.07. The molecule has 6 nitrogen and oxygen atoms in total. The average molecular weight is 236 g/mol. The first kappa shape index (κ1) is 11.8. The van der Waals surface area contributed by atoms with E-state index in [1.807, 2.05) is 20.9 Å². The second-order valence-electron chi connectivity index (χ2n) is 4.19. The normalized spacial score (nSPS) is 11.4. The van der Waals surface area contributed by atoms with E-state index in [0.717, 1.165) is 23.6 Å². The standard InChI is InChI=1S/C11H16N4O2/c1-7-10(8(2)17-14-7)5-15(4)6-11-13-12-9(3)16-11/h5-6H2,1-4H3. The Morgan fingerprint density at radius 1 is 1.12 bits per heavy atom. The lowest BCUT2D eigenvalue weighted by Gasteiger charge is -2.13. The van der Waals surface area contributed by atoms with E-state index in [2.05, 4.69) is 20.3 Å². The summed E-state index contributed by atoms with van der Waals surface area (Å²) in [6.07, 6.45) is 0. The van der Waals surface area contributed by atoms with Gasteiger partial charge in [-0.3, -0.25) is 4.90 Å². The third-order valence-corrected chi connectivity index (χ3v) is 2.58. The number of aromatic nitrogens is 3. The molecule has 0 spiro atoms. The van der Waals surface area contributed by atoms with Crippen LogP contribution in [0.2, 0.25) is 0 Å². The van der Waals surface area contributed by atoms with E-state index in [0.29, 0.717) is 18.3 Å². The van der Waals surface area contributed by atoms with Crippen LogP contribution in [0, 0.1) is 20.8 Å². The Kier molecular flexibility index (Phi) is 3.23. The smallest absolute Gasteiger partial charge is 0.230 e. The van der Waals surface area contributed by atoms with E-state index in [1.165, 1.54) is 0 Å². The first-order valence-electron chi connectivity index (χ1n) is 5.45. The minimum Gasteiger partial charge on any atom is -0.424 e. The highest BCUT2D eigenvalue weighted by atomic mass is 16.5. The fourth-order valence-corrected chi connectivity index (χ4v) is 1.69. The highest BCUT2D eigenvalue weighted by molar-refractivity contribution is 5.20. The summed E-state index contributed by atoms with van der Waals surface area (Å²) in [6, 6.07) is 0.